The molecule has 3 N–H and O–H groups in total. The van der Waals surface area contributed by atoms with Gasteiger partial charge in [0.05, 0.1) is 11.0 Å². The van der Waals surface area contributed by atoms with Crippen LogP contribution in [-0.2, 0) is 0 Å². The highest BCUT2D eigenvalue weighted by molar-refractivity contribution is 5.68. The van der Waals surface area contributed by atoms with Crippen molar-refractivity contribution in [1.29, 1.82) is 0 Å². The maximum Gasteiger partial charge on any atom is 0.292 e. The van der Waals surface area contributed by atoms with Crippen molar-refractivity contribution in [1.82, 2.24) is 0 Å². The summed E-state index contributed by atoms with van der Waals surface area (Å²) in [5.74, 6) is 0.751. The average Bonchev–Trinajstić information content (AvgIpc) is 2.57. The molecule has 0 aliphatic rings. The summed E-state index contributed by atoms with van der Waals surface area (Å²) >= 11 is 0. The Hall–Kier alpha value is -2.80. The highest BCUT2D eigenvalue weighted by Crippen LogP contribution is 2.27. The second-order valence-electron chi connectivity index (χ2n) is 5.31. The van der Waals surface area contributed by atoms with E-state index in [-0.39, 0.29) is 5.69 Å². The Morgan fingerprint density at radius 2 is 1.96 bits per heavy atom. The fourth-order valence-electron chi connectivity index (χ4n) is 2.08. The molecule has 0 amide bonds. The van der Waals surface area contributed by atoms with Gasteiger partial charge in [-0.25, -0.2) is 0 Å². The molecule has 128 valence electrons. The van der Waals surface area contributed by atoms with Crippen LogP contribution < -0.4 is 15.4 Å². The van der Waals surface area contributed by atoms with E-state index in [1.54, 1.807) is 19.1 Å². The second-order valence-corrected chi connectivity index (χ2v) is 5.31. The molecule has 2 rings (SSSR count). The van der Waals surface area contributed by atoms with Gasteiger partial charge in [-0.05, 0) is 31.2 Å². The topological polar surface area (TPSA) is 96.7 Å². The molecule has 0 spiro atoms. The van der Waals surface area contributed by atoms with Gasteiger partial charge in [0.15, 0.2) is 0 Å². The number of nitro benzene ring substituents is 1. The van der Waals surface area contributed by atoms with Gasteiger partial charge in [0, 0.05) is 24.8 Å². The lowest BCUT2D eigenvalue weighted by Gasteiger charge is -2.12. The van der Waals surface area contributed by atoms with Crippen molar-refractivity contribution in [3.8, 4) is 5.75 Å². The van der Waals surface area contributed by atoms with E-state index in [1.807, 2.05) is 30.3 Å². The predicted octanol–water partition coefficient (Wildman–Crippen LogP) is 2.88. The van der Waals surface area contributed by atoms with E-state index in [0.29, 0.717) is 31.1 Å². The Balaban J connectivity index is 1.95. The Morgan fingerprint density at radius 3 is 2.62 bits per heavy atom. The van der Waals surface area contributed by atoms with Gasteiger partial charge in [-0.3, -0.25) is 10.1 Å². The number of nitrogens with zero attached hydrogens (tertiary/aromatic N) is 1. The number of nitrogens with one attached hydrogen (secondary N) is 2. The zero-order valence-corrected chi connectivity index (χ0v) is 13.4. The van der Waals surface area contributed by atoms with Crippen LogP contribution in [0.25, 0.3) is 0 Å². The van der Waals surface area contributed by atoms with E-state index >= 15 is 0 Å². The average molecular weight is 331 g/mol. The normalized spacial score (nSPS) is 11.6. The summed E-state index contributed by atoms with van der Waals surface area (Å²) in [7, 11) is 0. The van der Waals surface area contributed by atoms with Crippen molar-refractivity contribution < 1.29 is 14.8 Å². The van der Waals surface area contributed by atoms with Gasteiger partial charge < -0.3 is 20.5 Å². The fourth-order valence-corrected chi connectivity index (χ4v) is 2.08. The molecular formula is C17H21N3O4. The van der Waals surface area contributed by atoms with Gasteiger partial charge in [0.1, 0.15) is 18.0 Å². The molecule has 7 heteroatoms. The Kier molecular flexibility index (Phi) is 6.39. The molecule has 2 aromatic rings. The zero-order chi connectivity index (χ0) is 17.4. The molecule has 0 aromatic heterocycles. The molecule has 0 bridgehead atoms. The molecule has 7 nitrogen and oxygen atoms in total. The maximum atomic E-state index is 11.1. The second kappa shape index (κ2) is 8.73. The van der Waals surface area contributed by atoms with Gasteiger partial charge >= 0.3 is 0 Å². The predicted molar refractivity (Wildman–Crippen MR) is 93.7 cm³/mol. The number of aliphatic hydroxyl groups excluding tert-OH is 1. The smallest absolute Gasteiger partial charge is 0.292 e. The van der Waals surface area contributed by atoms with Crippen LogP contribution in [-0.4, -0.2) is 35.8 Å². The molecule has 0 saturated carbocycles. The number of ether oxygens (including phenoxy) is 1. The largest absolute Gasteiger partial charge is 0.492 e. The van der Waals surface area contributed by atoms with Crippen molar-refractivity contribution in [3.05, 3.63) is 58.6 Å². The Labute approximate surface area is 140 Å². The molecular weight excluding hydrogens is 310 g/mol. The summed E-state index contributed by atoms with van der Waals surface area (Å²) < 4.78 is 5.56. The first kappa shape index (κ1) is 17.6. The number of anilines is 2. The van der Waals surface area contributed by atoms with Crippen LogP contribution in [0.15, 0.2) is 48.5 Å². The highest BCUT2D eigenvalue weighted by atomic mass is 16.6. The van der Waals surface area contributed by atoms with Gasteiger partial charge in [0.2, 0.25) is 0 Å². The van der Waals surface area contributed by atoms with E-state index in [4.69, 9.17) is 4.74 Å². The Bertz CT molecular complexity index is 662. The SMILES string of the molecule is C[C@H](O)CNc1ccc([N+](=O)[O-])c(NCCOc2ccccc2)c1. The highest BCUT2D eigenvalue weighted by Gasteiger charge is 2.14. The minimum Gasteiger partial charge on any atom is -0.492 e. The number of rotatable bonds is 9. The fraction of sp³-hybridized carbons (Fsp3) is 0.294. The first-order valence-electron chi connectivity index (χ1n) is 7.68. The minimum absolute atomic E-state index is 0.00249. The number of para-hydroxylation sites is 1. The van der Waals surface area contributed by atoms with Crippen LogP contribution in [0.5, 0.6) is 5.75 Å². The standard InChI is InChI=1S/C17H21N3O4/c1-13(21)12-19-14-7-8-17(20(22)23)16(11-14)18-9-10-24-15-5-3-2-4-6-15/h2-8,11,13,18-19,21H,9-10,12H2,1H3/t13-/m0/s1. The van der Waals surface area contributed by atoms with Crippen LogP contribution in [0.2, 0.25) is 0 Å². The molecule has 0 fully saturated rings. The molecule has 24 heavy (non-hydrogen) atoms. The summed E-state index contributed by atoms with van der Waals surface area (Å²) in [6.45, 7) is 2.84. The third-order valence-electron chi connectivity index (χ3n) is 3.22. The molecule has 2 aromatic carbocycles. The molecule has 0 heterocycles. The number of benzene rings is 2. The monoisotopic (exact) mass is 331 g/mol. The first-order chi connectivity index (χ1) is 11.6. The molecule has 0 aliphatic carbocycles. The first-order valence-corrected chi connectivity index (χ1v) is 7.68. The lowest BCUT2D eigenvalue weighted by molar-refractivity contribution is -0.383. The van der Waals surface area contributed by atoms with E-state index in [1.165, 1.54) is 6.07 Å². The number of nitro groups is 1. The van der Waals surface area contributed by atoms with Gasteiger partial charge in [-0.2, -0.15) is 0 Å². The van der Waals surface area contributed by atoms with E-state index in [2.05, 4.69) is 10.6 Å². The Morgan fingerprint density at radius 1 is 1.21 bits per heavy atom. The van der Waals surface area contributed by atoms with Crippen molar-refractivity contribution in [3.63, 3.8) is 0 Å². The lowest BCUT2D eigenvalue weighted by atomic mass is 10.2. The summed E-state index contributed by atoms with van der Waals surface area (Å²) in [5, 5.41) is 26.5. The number of hydrogen-bond donors (Lipinski definition) is 3. The van der Waals surface area contributed by atoms with E-state index in [9.17, 15) is 15.2 Å². The van der Waals surface area contributed by atoms with Gasteiger partial charge in [0.25, 0.3) is 5.69 Å². The van der Waals surface area contributed by atoms with Crippen LogP contribution in [0.3, 0.4) is 0 Å². The number of hydrogen-bond acceptors (Lipinski definition) is 6. The van der Waals surface area contributed by atoms with Crippen LogP contribution in [0.4, 0.5) is 17.1 Å². The third kappa shape index (κ3) is 5.44. The summed E-state index contributed by atoms with van der Waals surface area (Å²) in [6, 6.07) is 14.1. The lowest BCUT2D eigenvalue weighted by Crippen LogP contribution is -2.16. The summed E-state index contributed by atoms with van der Waals surface area (Å²) in [4.78, 5) is 10.7. The van der Waals surface area contributed by atoms with Crippen molar-refractivity contribution in [2.45, 2.75) is 13.0 Å². The van der Waals surface area contributed by atoms with Crippen molar-refractivity contribution in [2.24, 2.45) is 0 Å². The van der Waals surface area contributed by atoms with Crippen LogP contribution in [0, 0.1) is 10.1 Å². The molecule has 1 atom stereocenters. The van der Waals surface area contributed by atoms with E-state index in [0.717, 1.165) is 5.75 Å². The van der Waals surface area contributed by atoms with Crippen LogP contribution in [0.1, 0.15) is 6.92 Å². The maximum absolute atomic E-state index is 11.1. The number of aliphatic hydroxyl groups is 1. The zero-order valence-electron chi connectivity index (χ0n) is 13.4. The molecule has 0 aliphatic heterocycles. The van der Waals surface area contributed by atoms with Gasteiger partial charge in [-0.15, -0.1) is 0 Å². The summed E-state index contributed by atoms with van der Waals surface area (Å²) in [6.07, 6.45) is -0.504. The van der Waals surface area contributed by atoms with Crippen molar-refractivity contribution >= 4 is 17.1 Å². The van der Waals surface area contributed by atoms with Gasteiger partial charge in [-0.1, -0.05) is 18.2 Å². The molecule has 0 radical (unpaired) electrons. The quantitative estimate of drug-likeness (QED) is 0.371. The van der Waals surface area contributed by atoms with Crippen LogP contribution >= 0.6 is 0 Å². The minimum atomic E-state index is -0.504. The molecule has 0 unspecified atom stereocenters. The third-order valence-corrected chi connectivity index (χ3v) is 3.22. The van der Waals surface area contributed by atoms with E-state index < -0.39 is 11.0 Å². The van der Waals surface area contributed by atoms with Crippen molar-refractivity contribution in [2.75, 3.05) is 30.3 Å². The summed E-state index contributed by atoms with van der Waals surface area (Å²) in [5.41, 5.74) is 1.11. The molecule has 0 saturated heterocycles.